The molecule has 5 rings (SSSR count). The van der Waals surface area contributed by atoms with Crippen molar-refractivity contribution in [3.8, 4) is 11.5 Å². The normalized spacial score (nSPS) is 22.3. The number of carbonyl (C=O) groups excluding carboxylic acids is 2. The molecule has 8 heteroatoms. The minimum absolute atomic E-state index is 0.0381. The van der Waals surface area contributed by atoms with Crippen LogP contribution in [0.2, 0.25) is 0 Å². The summed E-state index contributed by atoms with van der Waals surface area (Å²) in [7, 11) is 0. The van der Waals surface area contributed by atoms with E-state index in [9.17, 15) is 9.59 Å². The number of carbonyl (C=O) groups is 2. The third-order valence-electron chi connectivity index (χ3n) is 6.76. The Morgan fingerprint density at radius 3 is 2.81 bits per heavy atom. The minimum atomic E-state index is -0.349. The van der Waals surface area contributed by atoms with Crippen molar-refractivity contribution in [1.29, 1.82) is 0 Å². The second-order valence-corrected chi connectivity index (χ2v) is 9.92. The molecule has 2 fully saturated rings. The fraction of sp³-hybridized carbons (Fsp3) is 0.500. The smallest absolute Gasteiger partial charge is 0.231 e. The number of likely N-dealkylation sites (tertiary alicyclic amines) is 1. The van der Waals surface area contributed by atoms with E-state index in [1.165, 1.54) is 17.7 Å². The Labute approximate surface area is 192 Å². The molecular formula is C24H29N3O4S. The zero-order valence-electron chi connectivity index (χ0n) is 18.3. The van der Waals surface area contributed by atoms with Crippen LogP contribution in [0.3, 0.4) is 0 Å². The molecule has 0 saturated carbocycles. The van der Waals surface area contributed by atoms with Crippen LogP contribution in [0, 0.1) is 11.8 Å². The first-order valence-electron chi connectivity index (χ1n) is 11.3. The van der Waals surface area contributed by atoms with Crippen LogP contribution in [0.5, 0.6) is 11.5 Å². The van der Waals surface area contributed by atoms with Crippen molar-refractivity contribution in [2.24, 2.45) is 11.8 Å². The SMILES string of the molecule is CC1CCN([C@@H](CNC(=O)[C@@H]2CC(=O)N(c3ccc4c(c3)OCO4)C2)c2cccs2)CC1. The highest BCUT2D eigenvalue weighted by Gasteiger charge is 2.36. The van der Waals surface area contributed by atoms with Crippen molar-refractivity contribution < 1.29 is 19.1 Å². The topological polar surface area (TPSA) is 71.1 Å². The molecule has 0 radical (unpaired) electrons. The number of thiophene rings is 1. The number of fused-ring (bicyclic) bond motifs is 1. The van der Waals surface area contributed by atoms with Crippen molar-refractivity contribution in [3.63, 3.8) is 0 Å². The molecule has 0 spiro atoms. The highest BCUT2D eigenvalue weighted by Crippen LogP contribution is 2.37. The van der Waals surface area contributed by atoms with Gasteiger partial charge in [0, 0.05) is 36.1 Å². The third kappa shape index (κ3) is 4.34. The molecule has 170 valence electrons. The van der Waals surface area contributed by atoms with E-state index in [0.29, 0.717) is 24.6 Å². The summed E-state index contributed by atoms with van der Waals surface area (Å²) >= 11 is 1.74. The molecule has 3 aliphatic heterocycles. The number of piperidine rings is 1. The van der Waals surface area contributed by atoms with Gasteiger partial charge >= 0.3 is 0 Å². The lowest BCUT2D eigenvalue weighted by Gasteiger charge is -2.36. The molecule has 3 aliphatic rings. The van der Waals surface area contributed by atoms with Gasteiger partial charge in [-0.15, -0.1) is 11.3 Å². The van der Waals surface area contributed by atoms with Crippen molar-refractivity contribution in [3.05, 3.63) is 40.6 Å². The molecule has 0 bridgehead atoms. The molecule has 4 heterocycles. The number of anilines is 1. The number of rotatable bonds is 6. The molecule has 1 aromatic carbocycles. The van der Waals surface area contributed by atoms with E-state index in [1.807, 2.05) is 18.2 Å². The van der Waals surface area contributed by atoms with Crippen LogP contribution in [-0.2, 0) is 9.59 Å². The molecular weight excluding hydrogens is 426 g/mol. The Morgan fingerprint density at radius 2 is 2.03 bits per heavy atom. The van der Waals surface area contributed by atoms with Gasteiger partial charge in [0.05, 0.1) is 12.0 Å². The Kier molecular flexibility index (Phi) is 6.06. The van der Waals surface area contributed by atoms with Crippen LogP contribution in [0.15, 0.2) is 35.7 Å². The van der Waals surface area contributed by atoms with Gasteiger partial charge in [0.2, 0.25) is 18.6 Å². The van der Waals surface area contributed by atoms with Crippen LogP contribution in [0.1, 0.15) is 37.1 Å². The van der Waals surface area contributed by atoms with Crippen molar-refractivity contribution in [1.82, 2.24) is 10.2 Å². The molecule has 1 aromatic heterocycles. The molecule has 2 atom stereocenters. The summed E-state index contributed by atoms with van der Waals surface area (Å²) in [6.07, 6.45) is 2.61. The number of benzene rings is 1. The number of nitrogens with one attached hydrogen (secondary N) is 1. The summed E-state index contributed by atoms with van der Waals surface area (Å²) in [5.74, 6) is 1.64. The first kappa shape index (κ1) is 21.3. The predicted molar refractivity (Wildman–Crippen MR) is 123 cm³/mol. The maximum absolute atomic E-state index is 13.0. The fourth-order valence-corrected chi connectivity index (χ4v) is 5.62. The third-order valence-corrected chi connectivity index (χ3v) is 7.74. The van der Waals surface area contributed by atoms with Gasteiger partial charge in [0.15, 0.2) is 11.5 Å². The lowest BCUT2D eigenvalue weighted by molar-refractivity contribution is -0.126. The Hall–Kier alpha value is -2.58. The van der Waals surface area contributed by atoms with Crippen LogP contribution < -0.4 is 19.7 Å². The van der Waals surface area contributed by atoms with E-state index in [2.05, 4.69) is 34.7 Å². The summed E-state index contributed by atoms with van der Waals surface area (Å²) in [4.78, 5) is 31.1. The highest BCUT2D eigenvalue weighted by molar-refractivity contribution is 7.10. The zero-order chi connectivity index (χ0) is 22.1. The number of hydrogen-bond acceptors (Lipinski definition) is 6. The quantitative estimate of drug-likeness (QED) is 0.723. The van der Waals surface area contributed by atoms with Gasteiger partial charge in [-0.3, -0.25) is 14.5 Å². The highest BCUT2D eigenvalue weighted by atomic mass is 32.1. The van der Waals surface area contributed by atoms with Crippen molar-refractivity contribution in [2.75, 3.05) is 37.9 Å². The standard InChI is InChI=1S/C24H29N3O4S/c1-16-6-8-26(9-7-16)19(22-3-2-10-32-22)13-25-24(29)17-11-23(28)27(14-17)18-4-5-20-21(12-18)31-15-30-20/h2-5,10,12,16-17,19H,6-9,11,13-15H2,1H3,(H,25,29)/t17-,19+/m1/s1. The molecule has 0 unspecified atom stereocenters. The Balaban J connectivity index is 1.22. The second-order valence-electron chi connectivity index (χ2n) is 8.94. The van der Waals surface area contributed by atoms with Gasteiger partial charge in [-0.05, 0) is 55.4 Å². The summed E-state index contributed by atoms with van der Waals surface area (Å²) < 4.78 is 10.8. The number of ether oxygens (including phenoxy) is 2. The molecule has 32 heavy (non-hydrogen) atoms. The predicted octanol–water partition coefficient (Wildman–Crippen LogP) is 3.42. The van der Waals surface area contributed by atoms with Gasteiger partial charge in [-0.25, -0.2) is 0 Å². The molecule has 2 saturated heterocycles. The maximum atomic E-state index is 13.0. The van der Waals surface area contributed by atoms with Crippen LogP contribution in [-0.4, -0.2) is 49.7 Å². The van der Waals surface area contributed by atoms with Gasteiger partial charge < -0.3 is 19.7 Å². The first-order valence-corrected chi connectivity index (χ1v) is 12.2. The van der Waals surface area contributed by atoms with E-state index < -0.39 is 0 Å². The van der Waals surface area contributed by atoms with Gasteiger partial charge in [-0.2, -0.15) is 0 Å². The fourth-order valence-electron chi connectivity index (χ4n) is 4.76. The van der Waals surface area contributed by atoms with E-state index in [1.54, 1.807) is 16.2 Å². The van der Waals surface area contributed by atoms with E-state index in [4.69, 9.17) is 9.47 Å². The van der Waals surface area contributed by atoms with Crippen LogP contribution >= 0.6 is 11.3 Å². The van der Waals surface area contributed by atoms with Crippen molar-refractivity contribution >= 4 is 28.8 Å². The zero-order valence-corrected chi connectivity index (χ0v) is 19.1. The molecule has 7 nitrogen and oxygen atoms in total. The Bertz CT molecular complexity index is 972. The molecule has 2 amide bonds. The van der Waals surface area contributed by atoms with Gasteiger partial charge in [-0.1, -0.05) is 13.0 Å². The summed E-state index contributed by atoms with van der Waals surface area (Å²) in [5.41, 5.74) is 0.744. The lowest BCUT2D eigenvalue weighted by Crippen LogP contribution is -2.43. The van der Waals surface area contributed by atoms with Crippen molar-refractivity contribution in [2.45, 2.75) is 32.2 Å². The van der Waals surface area contributed by atoms with Gasteiger partial charge in [0.1, 0.15) is 0 Å². The molecule has 2 aromatic rings. The second kappa shape index (κ2) is 9.11. The summed E-state index contributed by atoms with van der Waals surface area (Å²) in [6, 6.07) is 9.87. The summed E-state index contributed by atoms with van der Waals surface area (Å²) in [6.45, 7) is 5.57. The number of hydrogen-bond donors (Lipinski definition) is 1. The van der Waals surface area contributed by atoms with E-state index in [0.717, 1.165) is 24.7 Å². The average molecular weight is 456 g/mol. The number of amides is 2. The van der Waals surface area contributed by atoms with Crippen LogP contribution in [0.4, 0.5) is 5.69 Å². The minimum Gasteiger partial charge on any atom is -0.454 e. The van der Waals surface area contributed by atoms with E-state index >= 15 is 0 Å². The lowest BCUT2D eigenvalue weighted by atomic mass is 9.97. The monoisotopic (exact) mass is 455 g/mol. The summed E-state index contributed by atoms with van der Waals surface area (Å²) in [5, 5.41) is 5.25. The Morgan fingerprint density at radius 1 is 1.22 bits per heavy atom. The molecule has 0 aliphatic carbocycles. The maximum Gasteiger partial charge on any atom is 0.231 e. The van der Waals surface area contributed by atoms with Crippen LogP contribution in [0.25, 0.3) is 0 Å². The van der Waals surface area contributed by atoms with E-state index in [-0.39, 0.29) is 37.0 Å². The molecule has 1 N–H and O–H groups in total. The largest absolute Gasteiger partial charge is 0.454 e. The number of nitrogens with zero attached hydrogens (tertiary/aromatic N) is 2. The average Bonchev–Trinajstić information content (AvgIpc) is 3.55. The first-order chi connectivity index (χ1) is 15.6. The van der Waals surface area contributed by atoms with Gasteiger partial charge in [0.25, 0.3) is 0 Å².